The maximum atomic E-state index is 11.3. The molecule has 3 rings (SSSR count). The summed E-state index contributed by atoms with van der Waals surface area (Å²) >= 11 is 0. The molecule has 5 nitrogen and oxygen atoms in total. The van der Waals surface area contributed by atoms with Crippen LogP contribution in [0.3, 0.4) is 0 Å². The SMILES string of the molecule is CCOc1cccc(C(c2ccc(OC)cc2)N2CCC(C(=O)O)CC2)c1. The van der Waals surface area contributed by atoms with Crippen LogP contribution in [0.15, 0.2) is 48.5 Å². The van der Waals surface area contributed by atoms with E-state index < -0.39 is 5.97 Å². The number of hydrogen-bond donors (Lipinski definition) is 1. The zero-order valence-corrected chi connectivity index (χ0v) is 15.9. The van der Waals surface area contributed by atoms with E-state index in [2.05, 4.69) is 29.2 Å². The first-order chi connectivity index (χ1) is 13.1. The number of likely N-dealkylation sites (tertiary alicyclic amines) is 1. The molecular weight excluding hydrogens is 342 g/mol. The highest BCUT2D eigenvalue weighted by Gasteiger charge is 2.30. The summed E-state index contributed by atoms with van der Waals surface area (Å²) in [6, 6.07) is 16.3. The Balaban J connectivity index is 1.91. The van der Waals surface area contributed by atoms with E-state index in [0.29, 0.717) is 19.4 Å². The number of carbonyl (C=O) groups is 1. The van der Waals surface area contributed by atoms with Crippen LogP contribution in [0.25, 0.3) is 0 Å². The van der Waals surface area contributed by atoms with E-state index >= 15 is 0 Å². The van der Waals surface area contributed by atoms with E-state index in [-0.39, 0.29) is 12.0 Å². The molecule has 1 heterocycles. The Morgan fingerprint density at radius 3 is 2.41 bits per heavy atom. The van der Waals surface area contributed by atoms with Gasteiger partial charge in [0, 0.05) is 0 Å². The van der Waals surface area contributed by atoms with Crippen molar-refractivity contribution in [2.75, 3.05) is 26.8 Å². The molecule has 2 aromatic rings. The fraction of sp³-hybridized carbons (Fsp3) is 0.409. The van der Waals surface area contributed by atoms with Crippen LogP contribution in [-0.4, -0.2) is 42.8 Å². The van der Waals surface area contributed by atoms with Gasteiger partial charge in [-0.05, 0) is 68.2 Å². The van der Waals surface area contributed by atoms with Gasteiger partial charge in [0.2, 0.25) is 0 Å². The molecule has 1 unspecified atom stereocenters. The van der Waals surface area contributed by atoms with Crippen molar-refractivity contribution in [2.45, 2.75) is 25.8 Å². The van der Waals surface area contributed by atoms with Crippen molar-refractivity contribution in [3.05, 3.63) is 59.7 Å². The fourth-order valence-corrected chi connectivity index (χ4v) is 3.75. The molecule has 1 fully saturated rings. The molecule has 0 aliphatic carbocycles. The van der Waals surface area contributed by atoms with Crippen molar-refractivity contribution in [3.8, 4) is 11.5 Å². The molecule has 1 aliphatic heterocycles. The fourth-order valence-electron chi connectivity index (χ4n) is 3.75. The maximum Gasteiger partial charge on any atom is 0.306 e. The van der Waals surface area contributed by atoms with E-state index in [1.165, 1.54) is 5.56 Å². The molecule has 1 saturated heterocycles. The topological polar surface area (TPSA) is 59.0 Å². The minimum Gasteiger partial charge on any atom is -0.497 e. The van der Waals surface area contributed by atoms with Gasteiger partial charge in [0.15, 0.2) is 0 Å². The van der Waals surface area contributed by atoms with Crippen molar-refractivity contribution in [3.63, 3.8) is 0 Å². The molecule has 0 aromatic heterocycles. The average Bonchev–Trinajstić information content (AvgIpc) is 2.70. The van der Waals surface area contributed by atoms with E-state index in [0.717, 1.165) is 30.2 Å². The molecule has 0 spiro atoms. The Hall–Kier alpha value is -2.53. The molecule has 0 radical (unpaired) electrons. The smallest absolute Gasteiger partial charge is 0.306 e. The van der Waals surface area contributed by atoms with Crippen LogP contribution >= 0.6 is 0 Å². The zero-order valence-electron chi connectivity index (χ0n) is 15.9. The summed E-state index contributed by atoms with van der Waals surface area (Å²) in [6.45, 7) is 4.12. The second-order valence-corrected chi connectivity index (χ2v) is 6.83. The Morgan fingerprint density at radius 1 is 1.11 bits per heavy atom. The molecule has 1 atom stereocenters. The molecule has 0 bridgehead atoms. The van der Waals surface area contributed by atoms with Crippen molar-refractivity contribution in [1.82, 2.24) is 4.90 Å². The number of benzene rings is 2. The minimum absolute atomic E-state index is 0.0612. The van der Waals surface area contributed by atoms with Crippen LogP contribution in [-0.2, 0) is 4.79 Å². The first kappa shape index (κ1) is 19.2. The van der Waals surface area contributed by atoms with Crippen molar-refractivity contribution < 1.29 is 19.4 Å². The highest BCUT2D eigenvalue weighted by atomic mass is 16.5. The summed E-state index contributed by atoms with van der Waals surface area (Å²) in [5, 5.41) is 9.30. The normalized spacial score (nSPS) is 16.7. The molecule has 2 aromatic carbocycles. The highest BCUT2D eigenvalue weighted by molar-refractivity contribution is 5.70. The summed E-state index contributed by atoms with van der Waals surface area (Å²) in [7, 11) is 1.66. The van der Waals surface area contributed by atoms with Gasteiger partial charge in [0.25, 0.3) is 0 Å². The monoisotopic (exact) mass is 369 g/mol. The lowest BCUT2D eigenvalue weighted by molar-refractivity contribution is -0.143. The maximum absolute atomic E-state index is 11.3. The molecule has 5 heteroatoms. The number of rotatable bonds is 7. The van der Waals surface area contributed by atoms with Gasteiger partial charge in [-0.25, -0.2) is 0 Å². The first-order valence-electron chi connectivity index (χ1n) is 9.46. The number of nitrogens with zero attached hydrogens (tertiary/aromatic N) is 1. The minimum atomic E-state index is -0.686. The van der Waals surface area contributed by atoms with Gasteiger partial charge in [-0.3, -0.25) is 9.69 Å². The Morgan fingerprint density at radius 2 is 1.81 bits per heavy atom. The van der Waals surface area contributed by atoms with E-state index in [4.69, 9.17) is 9.47 Å². The molecule has 1 N–H and O–H groups in total. The van der Waals surface area contributed by atoms with Gasteiger partial charge in [-0.2, -0.15) is 0 Å². The van der Waals surface area contributed by atoms with Gasteiger partial charge < -0.3 is 14.6 Å². The molecule has 0 amide bonds. The van der Waals surface area contributed by atoms with Crippen molar-refractivity contribution >= 4 is 5.97 Å². The number of ether oxygens (including phenoxy) is 2. The summed E-state index contributed by atoms with van der Waals surface area (Å²) in [5.74, 6) is 0.751. The van der Waals surface area contributed by atoms with Gasteiger partial charge in [0.1, 0.15) is 11.5 Å². The molecular formula is C22H27NO4. The second-order valence-electron chi connectivity index (χ2n) is 6.83. The summed E-state index contributed by atoms with van der Waals surface area (Å²) in [6.07, 6.45) is 1.35. The highest BCUT2D eigenvalue weighted by Crippen LogP contribution is 2.34. The lowest BCUT2D eigenvalue weighted by atomic mass is 9.91. The molecule has 1 aliphatic rings. The standard InChI is InChI=1S/C22H27NO4/c1-3-27-20-6-4-5-18(15-20)21(16-7-9-19(26-2)10-8-16)23-13-11-17(12-14-23)22(24)25/h4-10,15,17,21H,3,11-14H2,1-2H3,(H,24,25). The van der Waals surface area contributed by atoms with Crippen LogP contribution in [0.2, 0.25) is 0 Å². The quantitative estimate of drug-likeness (QED) is 0.800. The Kier molecular flexibility index (Phi) is 6.35. The number of carboxylic acids is 1. The lowest BCUT2D eigenvalue weighted by Gasteiger charge is -2.37. The number of piperidine rings is 1. The first-order valence-corrected chi connectivity index (χ1v) is 9.46. The number of carboxylic acid groups (broad SMARTS) is 1. The van der Waals surface area contributed by atoms with Gasteiger partial charge in [-0.15, -0.1) is 0 Å². The molecule has 144 valence electrons. The third kappa shape index (κ3) is 4.61. The summed E-state index contributed by atoms with van der Waals surface area (Å²) < 4.78 is 11.0. The van der Waals surface area contributed by atoms with Crippen molar-refractivity contribution in [2.24, 2.45) is 5.92 Å². The Bertz CT molecular complexity index is 751. The predicted molar refractivity (Wildman–Crippen MR) is 104 cm³/mol. The Labute approximate surface area is 160 Å². The van der Waals surface area contributed by atoms with E-state index in [9.17, 15) is 9.90 Å². The number of methoxy groups -OCH3 is 1. The third-order valence-corrected chi connectivity index (χ3v) is 5.16. The van der Waals surface area contributed by atoms with Crippen LogP contribution in [0.4, 0.5) is 0 Å². The van der Waals surface area contributed by atoms with Gasteiger partial charge in [-0.1, -0.05) is 24.3 Å². The van der Waals surface area contributed by atoms with Gasteiger partial charge in [0.05, 0.1) is 25.7 Å². The van der Waals surface area contributed by atoms with Crippen LogP contribution in [0.1, 0.15) is 36.9 Å². The lowest BCUT2D eigenvalue weighted by Crippen LogP contribution is -2.39. The summed E-state index contributed by atoms with van der Waals surface area (Å²) in [4.78, 5) is 13.7. The van der Waals surface area contributed by atoms with Crippen molar-refractivity contribution in [1.29, 1.82) is 0 Å². The van der Waals surface area contributed by atoms with Crippen LogP contribution < -0.4 is 9.47 Å². The molecule has 0 saturated carbocycles. The van der Waals surface area contributed by atoms with E-state index in [1.807, 2.05) is 31.2 Å². The number of hydrogen-bond acceptors (Lipinski definition) is 4. The molecule has 27 heavy (non-hydrogen) atoms. The van der Waals surface area contributed by atoms with Crippen LogP contribution in [0.5, 0.6) is 11.5 Å². The number of aliphatic carboxylic acids is 1. The largest absolute Gasteiger partial charge is 0.497 e. The zero-order chi connectivity index (χ0) is 19.2. The van der Waals surface area contributed by atoms with E-state index in [1.54, 1.807) is 7.11 Å². The third-order valence-electron chi connectivity index (χ3n) is 5.16. The average molecular weight is 369 g/mol. The predicted octanol–water partition coefficient (Wildman–Crippen LogP) is 3.98. The summed E-state index contributed by atoms with van der Waals surface area (Å²) in [5.41, 5.74) is 2.32. The van der Waals surface area contributed by atoms with Crippen LogP contribution in [0, 0.1) is 5.92 Å². The second kappa shape index (κ2) is 8.91. The van der Waals surface area contributed by atoms with Gasteiger partial charge >= 0.3 is 5.97 Å².